The lowest BCUT2D eigenvalue weighted by Crippen LogP contribution is -2.44. The number of hydrogen-bond donors (Lipinski definition) is 1. The zero-order valence-electron chi connectivity index (χ0n) is 17.0. The van der Waals surface area contributed by atoms with Crippen molar-refractivity contribution in [3.8, 4) is 0 Å². The van der Waals surface area contributed by atoms with Crippen LogP contribution in [-0.2, 0) is 13.6 Å². The van der Waals surface area contributed by atoms with Crippen molar-refractivity contribution in [2.45, 2.75) is 78.3 Å². The first-order valence-electron chi connectivity index (χ1n) is 10.5. The van der Waals surface area contributed by atoms with Crippen LogP contribution in [0.1, 0.15) is 70.4 Å². The predicted octanol–water partition coefficient (Wildman–Crippen LogP) is 3.27. The molecular weight excluding hydrogens is 324 g/mol. The average Bonchev–Trinajstić information content (AvgIpc) is 3.38. The third kappa shape index (κ3) is 4.38. The Morgan fingerprint density at radius 1 is 1.19 bits per heavy atom. The maximum Gasteiger partial charge on any atom is 0.194 e. The number of nitrogens with one attached hydrogen (secondary N) is 1. The summed E-state index contributed by atoms with van der Waals surface area (Å²) in [6.07, 6.45) is 9.08. The molecule has 3 rings (SSSR count). The number of aryl methyl sites for hydroxylation is 1. The second-order valence-corrected chi connectivity index (χ2v) is 8.06. The second-order valence-electron chi connectivity index (χ2n) is 8.06. The van der Waals surface area contributed by atoms with Gasteiger partial charge < -0.3 is 14.8 Å². The first-order chi connectivity index (χ1) is 12.6. The topological polar surface area (TPSA) is 58.3 Å². The quantitative estimate of drug-likeness (QED) is 0.625. The third-order valence-electron chi connectivity index (χ3n) is 6.48. The maximum absolute atomic E-state index is 4.97. The Kier molecular flexibility index (Phi) is 6.54. The minimum absolute atomic E-state index is 0.585. The molecule has 1 unspecified atom stereocenters. The Morgan fingerprint density at radius 3 is 2.54 bits per heavy atom. The van der Waals surface area contributed by atoms with Gasteiger partial charge in [-0.2, -0.15) is 0 Å². The molecule has 1 aliphatic heterocycles. The highest BCUT2D eigenvalue weighted by atomic mass is 15.3. The maximum atomic E-state index is 4.97. The molecule has 2 aliphatic rings. The van der Waals surface area contributed by atoms with E-state index in [2.05, 4.69) is 34.3 Å². The van der Waals surface area contributed by atoms with E-state index in [0.717, 1.165) is 42.5 Å². The Balaban J connectivity index is 1.70. The van der Waals surface area contributed by atoms with Gasteiger partial charge in [-0.1, -0.05) is 39.5 Å². The normalized spacial score (nSPS) is 22.0. The van der Waals surface area contributed by atoms with Crippen molar-refractivity contribution in [1.82, 2.24) is 25.0 Å². The SMILES string of the molecule is CCC(CC)C1CCN(C(=NCc2nnc(C)n2C)NC2CCCC2)C1. The summed E-state index contributed by atoms with van der Waals surface area (Å²) < 4.78 is 2.04. The van der Waals surface area contributed by atoms with Gasteiger partial charge in [0.25, 0.3) is 0 Å². The molecule has 1 aromatic rings. The number of guanidine groups is 1. The Bertz CT molecular complexity index is 597. The Hall–Kier alpha value is -1.59. The number of rotatable bonds is 6. The van der Waals surface area contributed by atoms with Crippen molar-refractivity contribution in [3.05, 3.63) is 11.6 Å². The van der Waals surface area contributed by atoms with E-state index in [0.29, 0.717) is 12.6 Å². The summed E-state index contributed by atoms with van der Waals surface area (Å²) in [6, 6.07) is 0.585. The van der Waals surface area contributed by atoms with E-state index in [4.69, 9.17) is 4.99 Å². The molecule has 0 amide bonds. The molecule has 0 aromatic carbocycles. The third-order valence-corrected chi connectivity index (χ3v) is 6.48. The van der Waals surface area contributed by atoms with Gasteiger partial charge in [0.15, 0.2) is 11.8 Å². The van der Waals surface area contributed by atoms with Crippen molar-refractivity contribution in [1.29, 1.82) is 0 Å². The van der Waals surface area contributed by atoms with E-state index in [1.807, 2.05) is 18.5 Å². The molecule has 2 heterocycles. The second kappa shape index (κ2) is 8.87. The minimum Gasteiger partial charge on any atom is -0.353 e. The number of hydrogen-bond acceptors (Lipinski definition) is 3. The van der Waals surface area contributed by atoms with Gasteiger partial charge in [-0.15, -0.1) is 10.2 Å². The van der Waals surface area contributed by atoms with Crippen LogP contribution in [0.5, 0.6) is 0 Å². The molecule has 1 saturated carbocycles. The first-order valence-corrected chi connectivity index (χ1v) is 10.5. The monoisotopic (exact) mass is 360 g/mol. The molecule has 0 bridgehead atoms. The van der Waals surface area contributed by atoms with Crippen LogP contribution in [0.4, 0.5) is 0 Å². The van der Waals surface area contributed by atoms with Gasteiger partial charge in [-0.3, -0.25) is 0 Å². The smallest absolute Gasteiger partial charge is 0.194 e. The van der Waals surface area contributed by atoms with Gasteiger partial charge in [0.05, 0.1) is 0 Å². The molecule has 1 saturated heterocycles. The summed E-state index contributed by atoms with van der Waals surface area (Å²) in [5, 5.41) is 12.2. The van der Waals surface area contributed by atoms with Gasteiger partial charge in [-0.05, 0) is 38.0 Å². The highest BCUT2D eigenvalue weighted by Gasteiger charge is 2.30. The number of nitrogens with zero attached hydrogens (tertiary/aromatic N) is 5. The van der Waals surface area contributed by atoms with E-state index in [-0.39, 0.29) is 0 Å². The van der Waals surface area contributed by atoms with Crippen molar-refractivity contribution in [2.75, 3.05) is 13.1 Å². The molecule has 1 aliphatic carbocycles. The van der Waals surface area contributed by atoms with Crippen LogP contribution in [0.15, 0.2) is 4.99 Å². The van der Waals surface area contributed by atoms with Gasteiger partial charge in [0, 0.05) is 26.2 Å². The molecule has 146 valence electrons. The number of likely N-dealkylation sites (tertiary alicyclic amines) is 1. The molecule has 6 heteroatoms. The van der Waals surface area contributed by atoms with Gasteiger partial charge in [-0.25, -0.2) is 4.99 Å². The van der Waals surface area contributed by atoms with Gasteiger partial charge in [0.1, 0.15) is 12.4 Å². The summed E-state index contributed by atoms with van der Waals surface area (Å²) in [7, 11) is 2.02. The van der Waals surface area contributed by atoms with E-state index in [9.17, 15) is 0 Å². The van der Waals surface area contributed by atoms with E-state index in [1.165, 1.54) is 44.9 Å². The molecule has 2 fully saturated rings. The summed E-state index contributed by atoms with van der Waals surface area (Å²) >= 11 is 0. The fourth-order valence-corrected chi connectivity index (χ4v) is 4.54. The van der Waals surface area contributed by atoms with Crippen LogP contribution >= 0.6 is 0 Å². The molecule has 0 spiro atoms. The summed E-state index contributed by atoms with van der Waals surface area (Å²) in [5.41, 5.74) is 0. The molecule has 26 heavy (non-hydrogen) atoms. The fraction of sp³-hybridized carbons (Fsp3) is 0.850. The predicted molar refractivity (Wildman–Crippen MR) is 106 cm³/mol. The van der Waals surface area contributed by atoms with Crippen LogP contribution in [0, 0.1) is 18.8 Å². The van der Waals surface area contributed by atoms with Gasteiger partial charge >= 0.3 is 0 Å². The lowest BCUT2D eigenvalue weighted by atomic mass is 9.87. The molecule has 1 atom stereocenters. The van der Waals surface area contributed by atoms with Crippen LogP contribution in [0.3, 0.4) is 0 Å². The van der Waals surface area contributed by atoms with E-state index >= 15 is 0 Å². The van der Waals surface area contributed by atoms with Crippen LogP contribution in [-0.4, -0.2) is 44.8 Å². The zero-order chi connectivity index (χ0) is 18.5. The zero-order valence-corrected chi connectivity index (χ0v) is 17.0. The Morgan fingerprint density at radius 2 is 1.92 bits per heavy atom. The largest absolute Gasteiger partial charge is 0.353 e. The highest BCUT2D eigenvalue weighted by Crippen LogP contribution is 2.29. The van der Waals surface area contributed by atoms with Gasteiger partial charge in [0.2, 0.25) is 0 Å². The van der Waals surface area contributed by atoms with Crippen molar-refractivity contribution >= 4 is 5.96 Å². The lowest BCUT2D eigenvalue weighted by molar-refractivity contribution is 0.318. The van der Waals surface area contributed by atoms with E-state index < -0.39 is 0 Å². The van der Waals surface area contributed by atoms with Crippen LogP contribution in [0.2, 0.25) is 0 Å². The average molecular weight is 361 g/mol. The lowest BCUT2D eigenvalue weighted by Gasteiger charge is -2.26. The summed E-state index contributed by atoms with van der Waals surface area (Å²) in [4.78, 5) is 7.46. The van der Waals surface area contributed by atoms with Crippen molar-refractivity contribution in [2.24, 2.45) is 23.9 Å². The summed E-state index contributed by atoms with van der Waals surface area (Å²) in [6.45, 7) is 9.51. The highest BCUT2D eigenvalue weighted by molar-refractivity contribution is 5.80. The molecule has 1 aromatic heterocycles. The fourth-order valence-electron chi connectivity index (χ4n) is 4.54. The van der Waals surface area contributed by atoms with Crippen LogP contribution < -0.4 is 5.32 Å². The number of aromatic nitrogens is 3. The van der Waals surface area contributed by atoms with Crippen LogP contribution in [0.25, 0.3) is 0 Å². The van der Waals surface area contributed by atoms with Crippen molar-refractivity contribution < 1.29 is 0 Å². The first kappa shape index (κ1) is 19.2. The Labute approximate surface area is 158 Å². The number of aliphatic imine (C=N–C) groups is 1. The van der Waals surface area contributed by atoms with Crippen molar-refractivity contribution in [3.63, 3.8) is 0 Å². The molecular formula is C20H36N6. The minimum atomic E-state index is 0.585. The molecule has 0 radical (unpaired) electrons. The molecule has 1 N–H and O–H groups in total. The summed E-state index contributed by atoms with van der Waals surface area (Å²) in [5.74, 6) is 4.61. The van der Waals surface area contributed by atoms with E-state index in [1.54, 1.807) is 0 Å². The standard InChI is InChI=1S/C20H36N6/c1-5-16(6-2)17-11-12-26(14-17)20(22-18-9-7-8-10-18)21-13-19-24-23-15(3)25(19)4/h16-18H,5-14H2,1-4H3,(H,21,22). The molecule has 6 nitrogen and oxygen atoms in total.